The molecule has 1 nitrogen and oxygen atoms in total. The lowest BCUT2D eigenvalue weighted by Crippen LogP contribution is -2.40. The van der Waals surface area contributed by atoms with Gasteiger partial charge in [-0.3, -0.25) is 0 Å². The van der Waals surface area contributed by atoms with Crippen molar-refractivity contribution in [3.05, 3.63) is 0 Å². The van der Waals surface area contributed by atoms with Crippen LogP contribution in [-0.4, -0.2) is 29.9 Å². The van der Waals surface area contributed by atoms with Crippen molar-refractivity contribution in [1.82, 2.24) is 4.90 Å². The Morgan fingerprint density at radius 1 is 1.19 bits per heavy atom. The first-order valence-electron chi connectivity index (χ1n) is 6.90. The van der Waals surface area contributed by atoms with E-state index in [2.05, 4.69) is 41.7 Å². The monoisotopic (exact) mass is 289 g/mol. The van der Waals surface area contributed by atoms with Crippen molar-refractivity contribution < 1.29 is 0 Å². The summed E-state index contributed by atoms with van der Waals surface area (Å²) in [5, 5.41) is 1.18. The molecule has 96 valence electrons. The van der Waals surface area contributed by atoms with E-state index in [4.69, 9.17) is 0 Å². The van der Waals surface area contributed by atoms with Gasteiger partial charge in [0.2, 0.25) is 0 Å². The fourth-order valence-corrected chi connectivity index (χ4v) is 3.55. The Bertz CT molecular complexity index is 185. The predicted molar refractivity (Wildman–Crippen MR) is 76.3 cm³/mol. The molecule has 0 radical (unpaired) electrons. The van der Waals surface area contributed by atoms with E-state index in [1.54, 1.807) is 0 Å². The van der Waals surface area contributed by atoms with Gasteiger partial charge in [0.25, 0.3) is 0 Å². The molecule has 1 aliphatic rings. The minimum absolute atomic E-state index is 0.550. The Labute approximate surface area is 110 Å². The summed E-state index contributed by atoms with van der Waals surface area (Å²) in [5.41, 5.74) is 0.550. The second kappa shape index (κ2) is 7.00. The van der Waals surface area contributed by atoms with Crippen LogP contribution in [0.15, 0.2) is 0 Å². The average Bonchev–Trinajstić information content (AvgIpc) is 2.54. The average molecular weight is 290 g/mol. The largest absolute Gasteiger partial charge is 0.303 e. The molecule has 0 aromatic heterocycles. The normalized spacial score (nSPS) is 23.1. The van der Waals surface area contributed by atoms with E-state index in [-0.39, 0.29) is 0 Å². The Morgan fingerprint density at radius 2 is 1.75 bits per heavy atom. The summed E-state index contributed by atoms with van der Waals surface area (Å²) in [6, 6.07) is 0.721. The van der Waals surface area contributed by atoms with E-state index in [9.17, 15) is 0 Å². The van der Waals surface area contributed by atoms with Crippen LogP contribution in [-0.2, 0) is 0 Å². The van der Waals surface area contributed by atoms with Gasteiger partial charge in [-0.1, -0.05) is 48.5 Å². The zero-order valence-corrected chi connectivity index (χ0v) is 12.9. The van der Waals surface area contributed by atoms with Crippen molar-refractivity contribution in [3.63, 3.8) is 0 Å². The molecule has 0 heterocycles. The Balaban J connectivity index is 2.57. The molecular formula is C14H28BrN. The molecule has 1 unspecified atom stereocenters. The van der Waals surface area contributed by atoms with E-state index < -0.39 is 0 Å². The van der Waals surface area contributed by atoms with Crippen LogP contribution in [0.3, 0.4) is 0 Å². The number of hydrogen-bond donors (Lipinski definition) is 0. The lowest BCUT2D eigenvalue weighted by atomic mass is 9.81. The first kappa shape index (κ1) is 14.5. The quantitative estimate of drug-likeness (QED) is 0.534. The highest BCUT2D eigenvalue weighted by Crippen LogP contribution is 2.37. The van der Waals surface area contributed by atoms with E-state index in [0.717, 1.165) is 6.04 Å². The Hall–Kier alpha value is 0.440. The second-order valence-corrected chi connectivity index (χ2v) is 6.28. The molecule has 0 amide bonds. The van der Waals surface area contributed by atoms with Gasteiger partial charge in [-0.2, -0.15) is 0 Å². The second-order valence-electron chi connectivity index (χ2n) is 5.72. The molecule has 1 saturated carbocycles. The molecule has 0 bridgehead atoms. The summed E-state index contributed by atoms with van der Waals surface area (Å²) >= 11 is 3.78. The van der Waals surface area contributed by atoms with Gasteiger partial charge in [-0.15, -0.1) is 0 Å². The van der Waals surface area contributed by atoms with Gasteiger partial charge in [0, 0.05) is 17.9 Å². The minimum atomic E-state index is 0.550. The van der Waals surface area contributed by atoms with E-state index in [1.807, 2.05) is 0 Å². The summed E-state index contributed by atoms with van der Waals surface area (Å²) < 4.78 is 0. The molecule has 0 saturated heterocycles. The van der Waals surface area contributed by atoms with Gasteiger partial charge in [0.1, 0.15) is 0 Å². The first-order chi connectivity index (χ1) is 7.63. The first-order valence-corrected chi connectivity index (χ1v) is 8.02. The fraction of sp³-hybridized carbons (Fsp3) is 1.00. The van der Waals surface area contributed by atoms with Crippen LogP contribution in [0.25, 0.3) is 0 Å². The molecule has 0 spiro atoms. The molecule has 1 atom stereocenters. The maximum atomic E-state index is 3.78. The third kappa shape index (κ3) is 4.03. The van der Waals surface area contributed by atoms with Crippen molar-refractivity contribution in [2.45, 2.75) is 64.8 Å². The fourth-order valence-electron chi connectivity index (χ4n) is 2.81. The third-order valence-electron chi connectivity index (χ3n) is 4.38. The van der Waals surface area contributed by atoms with E-state index in [0.29, 0.717) is 5.41 Å². The van der Waals surface area contributed by atoms with Gasteiger partial charge < -0.3 is 4.90 Å². The van der Waals surface area contributed by atoms with Gasteiger partial charge >= 0.3 is 0 Å². The van der Waals surface area contributed by atoms with Gasteiger partial charge in [0.05, 0.1) is 0 Å². The van der Waals surface area contributed by atoms with Gasteiger partial charge in [0.15, 0.2) is 0 Å². The summed E-state index contributed by atoms with van der Waals surface area (Å²) in [6.07, 6.45) is 9.84. The molecule has 16 heavy (non-hydrogen) atoms. The third-order valence-corrected chi connectivity index (χ3v) is 5.57. The highest BCUT2D eigenvalue weighted by atomic mass is 79.9. The summed E-state index contributed by atoms with van der Waals surface area (Å²) in [7, 11) is 2.30. The van der Waals surface area contributed by atoms with E-state index in [1.165, 1.54) is 56.8 Å². The zero-order valence-electron chi connectivity index (χ0n) is 11.3. The van der Waals surface area contributed by atoms with Gasteiger partial charge in [-0.05, 0) is 38.6 Å². The van der Waals surface area contributed by atoms with Gasteiger partial charge in [-0.25, -0.2) is 0 Å². The van der Waals surface area contributed by atoms with Crippen molar-refractivity contribution in [2.75, 3.05) is 18.9 Å². The molecule has 2 heteroatoms. The van der Waals surface area contributed by atoms with Crippen molar-refractivity contribution >= 4 is 15.9 Å². The van der Waals surface area contributed by atoms with Crippen LogP contribution < -0.4 is 0 Å². The number of alkyl halides is 1. The molecule has 0 aromatic carbocycles. The van der Waals surface area contributed by atoms with Crippen molar-refractivity contribution in [1.29, 1.82) is 0 Å². The van der Waals surface area contributed by atoms with Crippen LogP contribution >= 0.6 is 15.9 Å². The molecule has 0 aliphatic heterocycles. The van der Waals surface area contributed by atoms with Crippen molar-refractivity contribution in [2.24, 2.45) is 5.41 Å². The molecule has 1 fully saturated rings. The maximum Gasteiger partial charge on any atom is 0.0100 e. The number of nitrogens with zero attached hydrogens (tertiary/aromatic N) is 1. The Kier molecular flexibility index (Phi) is 6.35. The standard InChI is InChI=1S/C14H28BrN/c1-4-13(2)16(3)12-14(11-15)9-7-5-6-8-10-14/h13H,4-12H2,1-3H3. The van der Waals surface area contributed by atoms with Crippen LogP contribution in [0.2, 0.25) is 0 Å². The molecular weight excluding hydrogens is 262 g/mol. The smallest absolute Gasteiger partial charge is 0.0100 e. The highest BCUT2D eigenvalue weighted by molar-refractivity contribution is 9.09. The summed E-state index contributed by atoms with van der Waals surface area (Å²) in [5.74, 6) is 0. The molecule has 0 aromatic rings. The summed E-state index contributed by atoms with van der Waals surface area (Å²) in [4.78, 5) is 2.56. The molecule has 1 rings (SSSR count). The number of rotatable bonds is 5. The maximum absolute atomic E-state index is 3.78. The van der Waals surface area contributed by atoms with E-state index >= 15 is 0 Å². The lowest BCUT2D eigenvalue weighted by Gasteiger charge is -2.37. The summed E-state index contributed by atoms with van der Waals surface area (Å²) in [6.45, 7) is 5.90. The van der Waals surface area contributed by atoms with Crippen LogP contribution in [0.5, 0.6) is 0 Å². The number of hydrogen-bond acceptors (Lipinski definition) is 1. The molecule has 1 aliphatic carbocycles. The SMILES string of the molecule is CCC(C)N(C)CC1(CBr)CCCCCC1. The lowest BCUT2D eigenvalue weighted by molar-refractivity contribution is 0.141. The topological polar surface area (TPSA) is 3.24 Å². The van der Waals surface area contributed by atoms with Crippen molar-refractivity contribution in [3.8, 4) is 0 Å². The Morgan fingerprint density at radius 3 is 2.19 bits per heavy atom. The van der Waals surface area contributed by atoms with Crippen LogP contribution in [0.1, 0.15) is 58.8 Å². The minimum Gasteiger partial charge on any atom is -0.303 e. The predicted octanol–water partition coefficient (Wildman–Crippen LogP) is 4.45. The number of halogens is 1. The zero-order chi connectivity index (χ0) is 12.0. The van der Waals surface area contributed by atoms with Crippen LogP contribution in [0, 0.1) is 5.41 Å². The highest BCUT2D eigenvalue weighted by Gasteiger charge is 2.31. The van der Waals surface area contributed by atoms with Crippen LogP contribution in [0.4, 0.5) is 0 Å². The molecule has 0 N–H and O–H groups in total.